The van der Waals surface area contributed by atoms with E-state index in [1.165, 1.54) is 4.57 Å². The lowest BCUT2D eigenvalue weighted by molar-refractivity contribution is 0.0547. The van der Waals surface area contributed by atoms with E-state index in [0.717, 1.165) is 31.3 Å². The number of carbonyl (C=O) groups excluding carboxylic acids is 1. The van der Waals surface area contributed by atoms with Crippen molar-refractivity contribution in [2.24, 2.45) is 5.92 Å². The summed E-state index contributed by atoms with van der Waals surface area (Å²) >= 11 is 0. The number of hydrogen-bond acceptors (Lipinski definition) is 7. The van der Waals surface area contributed by atoms with Crippen molar-refractivity contribution < 1.29 is 19.7 Å². The number of rotatable bonds is 3. The zero-order chi connectivity index (χ0) is 22.2. The van der Waals surface area contributed by atoms with Crippen LogP contribution in [-0.4, -0.2) is 56.1 Å². The molecular weight excluding hydrogens is 396 g/mol. The van der Waals surface area contributed by atoms with Gasteiger partial charge in [-0.15, -0.1) is 0 Å². The number of nitrogens with zero attached hydrogens (tertiary/aromatic N) is 4. The molecule has 3 heterocycles. The molecule has 0 spiro atoms. The Bertz CT molecular complexity index is 1080. The third-order valence-corrected chi connectivity index (χ3v) is 5.45. The average molecular weight is 425 g/mol. The van der Waals surface area contributed by atoms with E-state index in [4.69, 9.17) is 4.74 Å². The minimum absolute atomic E-state index is 0.123. The van der Waals surface area contributed by atoms with Gasteiger partial charge >= 0.3 is 6.09 Å². The molecule has 0 unspecified atom stereocenters. The maximum Gasteiger partial charge on any atom is 0.419 e. The quantitative estimate of drug-likeness (QED) is 0.660. The molecule has 1 aromatic carbocycles. The molecule has 2 N–H and O–H groups in total. The Labute approximate surface area is 181 Å². The topological polar surface area (TPSA) is 101 Å². The largest absolute Gasteiger partial charge is 0.508 e. The molecular formula is C23H28N4O4. The Morgan fingerprint density at radius 3 is 2.45 bits per heavy atom. The van der Waals surface area contributed by atoms with Gasteiger partial charge in [0, 0.05) is 43.0 Å². The van der Waals surface area contributed by atoms with Crippen LogP contribution < -0.4 is 4.90 Å². The maximum atomic E-state index is 13.0. The Morgan fingerprint density at radius 1 is 1.16 bits per heavy atom. The fraction of sp³-hybridized carbons (Fsp3) is 0.435. The second-order valence-electron chi connectivity index (χ2n) is 8.97. The molecule has 2 aromatic heterocycles. The van der Waals surface area contributed by atoms with E-state index < -0.39 is 11.7 Å². The highest BCUT2D eigenvalue weighted by Gasteiger charge is 2.24. The number of aliphatic hydroxyl groups excluding tert-OH is 1. The van der Waals surface area contributed by atoms with Crippen LogP contribution in [0.4, 0.5) is 10.7 Å². The molecule has 0 atom stereocenters. The first-order valence-corrected chi connectivity index (χ1v) is 10.5. The average Bonchev–Trinajstić information content (AvgIpc) is 3.11. The number of aliphatic hydroxyl groups is 1. The lowest BCUT2D eigenvalue weighted by Gasteiger charge is -2.31. The number of piperidine rings is 1. The summed E-state index contributed by atoms with van der Waals surface area (Å²) in [4.78, 5) is 24.2. The van der Waals surface area contributed by atoms with Gasteiger partial charge in [0.2, 0.25) is 5.95 Å². The van der Waals surface area contributed by atoms with Crippen molar-refractivity contribution in [1.82, 2.24) is 14.5 Å². The van der Waals surface area contributed by atoms with Crippen molar-refractivity contribution in [1.29, 1.82) is 0 Å². The lowest BCUT2D eigenvalue weighted by Crippen LogP contribution is -2.35. The van der Waals surface area contributed by atoms with Crippen LogP contribution in [-0.2, 0) is 4.74 Å². The number of ether oxygens (including phenoxy) is 1. The summed E-state index contributed by atoms with van der Waals surface area (Å²) in [5, 5.41) is 19.9. The summed E-state index contributed by atoms with van der Waals surface area (Å²) in [7, 11) is 0. The molecule has 1 saturated heterocycles. The molecule has 8 heteroatoms. The molecule has 0 aliphatic carbocycles. The van der Waals surface area contributed by atoms with Gasteiger partial charge in [0.25, 0.3) is 0 Å². The van der Waals surface area contributed by atoms with Crippen LogP contribution in [0.1, 0.15) is 33.6 Å². The van der Waals surface area contributed by atoms with Crippen molar-refractivity contribution in [2.45, 2.75) is 39.2 Å². The zero-order valence-electron chi connectivity index (χ0n) is 18.1. The van der Waals surface area contributed by atoms with Gasteiger partial charge in [-0.1, -0.05) is 0 Å². The number of fused-ring (bicyclic) bond motifs is 1. The first kappa shape index (κ1) is 21.1. The minimum atomic E-state index is -0.650. The van der Waals surface area contributed by atoms with Crippen molar-refractivity contribution in [2.75, 3.05) is 24.6 Å². The van der Waals surface area contributed by atoms with E-state index in [2.05, 4.69) is 14.9 Å². The van der Waals surface area contributed by atoms with E-state index in [9.17, 15) is 15.0 Å². The van der Waals surface area contributed by atoms with Crippen LogP contribution in [0.2, 0.25) is 0 Å². The summed E-state index contributed by atoms with van der Waals surface area (Å²) < 4.78 is 7.11. The maximum absolute atomic E-state index is 13.0. The summed E-state index contributed by atoms with van der Waals surface area (Å²) in [6, 6.07) is 6.67. The van der Waals surface area contributed by atoms with E-state index in [1.54, 1.807) is 30.6 Å². The molecule has 1 fully saturated rings. The number of hydrogen-bond donors (Lipinski definition) is 2. The Kier molecular flexibility index (Phi) is 5.58. The minimum Gasteiger partial charge on any atom is -0.508 e. The molecule has 0 bridgehead atoms. The SMILES string of the molecule is CC(C)(C)OC(=O)n1c(-c2cnc(N3CCC(CO)CC3)nc2)cc2cc(O)ccc21. The molecule has 0 radical (unpaired) electrons. The van der Waals surface area contributed by atoms with Crippen molar-refractivity contribution in [3.05, 3.63) is 36.7 Å². The van der Waals surface area contributed by atoms with Crippen molar-refractivity contribution >= 4 is 22.9 Å². The summed E-state index contributed by atoms with van der Waals surface area (Å²) in [5.41, 5.74) is 1.26. The number of phenolic OH excluding ortho intramolecular Hbond substituents is 1. The number of aromatic hydroxyl groups is 1. The first-order chi connectivity index (χ1) is 14.7. The second kappa shape index (κ2) is 8.19. The summed E-state index contributed by atoms with van der Waals surface area (Å²) in [5.74, 6) is 1.10. The number of phenols is 1. The van der Waals surface area contributed by atoms with Crippen LogP contribution in [0, 0.1) is 5.92 Å². The normalized spacial score (nSPS) is 15.4. The molecule has 1 aliphatic heterocycles. The predicted molar refractivity (Wildman–Crippen MR) is 118 cm³/mol. The van der Waals surface area contributed by atoms with Crippen molar-refractivity contribution in [3.8, 4) is 17.0 Å². The highest BCUT2D eigenvalue weighted by atomic mass is 16.6. The third-order valence-electron chi connectivity index (χ3n) is 5.45. The summed E-state index contributed by atoms with van der Waals surface area (Å²) in [6.07, 6.45) is 4.74. The van der Waals surface area contributed by atoms with Gasteiger partial charge in [0.15, 0.2) is 0 Å². The molecule has 0 amide bonds. The highest BCUT2D eigenvalue weighted by molar-refractivity contribution is 5.96. The number of aromatic nitrogens is 3. The zero-order valence-corrected chi connectivity index (χ0v) is 18.1. The monoisotopic (exact) mass is 424 g/mol. The fourth-order valence-electron chi connectivity index (χ4n) is 3.85. The van der Waals surface area contributed by atoms with Gasteiger partial charge in [-0.3, -0.25) is 0 Å². The molecule has 164 valence electrons. The standard InChI is InChI=1S/C23H28N4O4/c1-23(2,3)31-22(30)27-19-5-4-18(29)10-16(19)11-20(27)17-12-24-21(25-13-17)26-8-6-15(14-28)7-9-26/h4-5,10-13,15,28-29H,6-9,14H2,1-3H3. The number of benzene rings is 1. The van der Waals surface area contributed by atoms with Crippen LogP contribution in [0.15, 0.2) is 36.7 Å². The third kappa shape index (κ3) is 4.49. The lowest BCUT2D eigenvalue weighted by atomic mass is 9.98. The molecule has 31 heavy (non-hydrogen) atoms. The highest BCUT2D eigenvalue weighted by Crippen LogP contribution is 2.31. The van der Waals surface area contributed by atoms with Gasteiger partial charge in [0.1, 0.15) is 11.4 Å². The number of carbonyl (C=O) groups is 1. The van der Waals surface area contributed by atoms with Crippen LogP contribution in [0.5, 0.6) is 5.75 Å². The van der Waals surface area contributed by atoms with E-state index in [0.29, 0.717) is 28.6 Å². The van der Waals surface area contributed by atoms with Gasteiger partial charge < -0.3 is 19.8 Å². The van der Waals surface area contributed by atoms with Gasteiger partial charge in [0.05, 0.1) is 11.2 Å². The molecule has 0 saturated carbocycles. The Balaban J connectivity index is 1.68. The number of anilines is 1. The summed E-state index contributed by atoms with van der Waals surface area (Å²) in [6.45, 7) is 7.29. The van der Waals surface area contributed by atoms with Gasteiger partial charge in [-0.25, -0.2) is 19.3 Å². The van der Waals surface area contributed by atoms with Gasteiger partial charge in [-0.2, -0.15) is 0 Å². The Morgan fingerprint density at radius 2 is 1.84 bits per heavy atom. The smallest absolute Gasteiger partial charge is 0.419 e. The predicted octanol–water partition coefficient (Wildman–Crippen LogP) is 3.80. The Hall–Kier alpha value is -3.13. The molecule has 1 aliphatic rings. The second-order valence-corrected chi connectivity index (χ2v) is 8.97. The van der Waals surface area contributed by atoms with E-state index in [1.807, 2.05) is 26.8 Å². The first-order valence-electron chi connectivity index (χ1n) is 10.5. The molecule has 3 aromatic rings. The van der Waals surface area contributed by atoms with Crippen LogP contribution >= 0.6 is 0 Å². The fourth-order valence-corrected chi connectivity index (χ4v) is 3.85. The van der Waals surface area contributed by atoms with E-state index >= 15 is 0 Å². The van der Waals surface area contributed by atoms with Crippen LogP contribution in [0.3, 0.4) is 0 Å². The van der Waals surface area contributed by atoms with E-state index in [-0.39, 0.29) is 12.4 Å². The molecule has 8 nitrogen and oxygen atoms in total. The van der Waals surface area contributed by atoms with Crippen molar-refractivity contribution in [3.63, 3.8) is 0 Å². The molecule has 4 rings (SSSR count). The van der Waals surface area contributed by atoms with Crippen LogP contribution in [0.25, 0.3) is 22.2 Å². The van der Waals surface area contributed by atoms with Gasteiger partial charge in [-0.05, 0) is 63.8 Å².